The van der Waals surface area contributed by atoms with Gasteiger partial charge in [0.25, 0.3) is 11.8 Å². The zero-order valence-electron chi connectivity index (χ0n) is 64.1. The predicted octanol–water partition coefficient (Wildman–Crippen LogP) is 1.63. The van der Waals surface area contributed by atoms with Gasteiger partial charge in [-0.1, -0.05) is 0 Å². The normalized spacial score (nSPS) is 18.5. The first-order valence-corrected chi connectivity index (χ1v) is 53.0. The Balaban J connectivity index is 0.00000610. The molecule has 7 aliphatic rings. The fourth-order valence-corrected chi connectivity index (χ4v) is 43.0. The van der Waals surface area contributed by atoms with Crippen LogP contribution in [0.1, 0.15) is 138 Å². The van der Waals surface area contributed by atoms with Gasteiger partial charge in [-0.3, -0.25) is 9.59 Å². The second-order valence-electron chi connectivity index (χ2n) is 31.5. The van der Waals surface area contributed by atoms with E-state index in [1.165, 1.54) is 0 Å². The fourth-order valence-electron chi connectivity index (χ4n) is 18.4. The number of nitrogens with zero attached hydrogens (tertiary/aromatic N) is 11. The van der Waals surface area contributed by atoms with E-state index in [0.29, 0.717) is 195 Å². The van der Waals surface area contributed by atoms with Gasteiger partial charge in [0.2, 0.25) is 0 Å². The van der Waals surface area contributed by atoms with Crippen LogP contribution in [0.2, 0.25) is 38.3 Å². The topological polar surface area (TPSA) is 383 Å². The number of benzene rings is 4. The predicted molar refractivity (Wildman–Crippen MR) is 416 cm³/mol. The van der Waals surface area contributed by atoms with Crippen molar-refractivity contribution in [2.75, 3.05) is 75.4 Å². The van der Waals surface area contributed by atoms with E-state index in [4.69, 9.17) is 30.7 Å². The Morgan fingerprint density at radius 3 is 1.32 bits per heavy atom. The first-order chi connectivity index (χ1) is 51.6. The molecule has 2 atom stereocenters. The molecule has 0 bridgehead atoms. The molecule has 7 aliphatic heterocycles. The van der Waals surface area contributed by atoms with Crippen molar-refractivity contribution in [2.45, 2.75) is 154 Å². The van der Waals surface area contributed by atoms with E-state index < -0.39 is 99.9 Å². The maximum atomic E-state index is 13.1. The number of amides is 2. The molecule has 13 rings (SSSR count). The molecule has 9 heterocycles. The minimum absolute atomic E-state index is 0. The number of nitrogens with two attached hydrogens (primary N) is 1. The summed E-state index contributed by atoms with van der Waals surface area (Å²) in [7, 11) is -32.0. The summed E-state index contributed by atoms with van der Waals surface area (Å²) in [5.74, 6) is 4.67. The smallest absolute Gasteiger partial charge is 1.00 e. The molecular weight excluding hydrogens is 1580 g/mol. The standard InChI is InChI=1S/C72H98N12O18S4Si3.2Na/c1-6-7-40-83(42-19-23-48-103(88,89)90,45-22-26-51-106(97,98)100-73)46-27-52-107(2,3)101-109(102-108(4,5)53-28-47-84(43-20-24-49-104(91,92)93,44-21-25-50-105(94,95)96)41-18-8-9-37-64(87)99-78-62(85)38-39-63(78)86)79-65-54-29-10-11-30-55(54)66(79)75-68-58-33-14-15-34-59(58)70(81(68)109)77-72-61-36-17-16-35-60(61)71(82(72)109)76-69-57-32-13-12-31-56(57)67(74-65)80(69)109;;/h10-17,29-36H,1,6-9,18-28,37-53,73H2,2-5H3,(H2-,88,89,90,91,92,93,94,95,96);;/q;2*+1. The van der Waals surface area contributed by atoms with Crippen LogP contribution < -0.4 is 76.0 Å². The Kier molecular flexibility index (Phi) is 25.6. The van der Waals surface area contributed by atoms with Gasteiger partial charge in [-0.05, 0) is 0 Å². The number of hydrogen-bond donors (Lipinski definition) is 3. The average Bonchev–Trinajstić information content (AvgIpc) is 1.48. The summed E-state index contributed by atoms with van der Waals surface area (Å²) in [5, 5.41) is 3.63. The molecule has 1 saturated heterocycles. The Hall–Kier alpha value is -5.06. The van der Waals surface area contributed by atoms with Gasteiger partial charge in [0.15, 0.2) is 0 Å². The number of amidine groups is 4. The van der Waals surface area contributed by atoms with Crippen LogP contribution >= 0.6 is 0 Å². The number of carbonyl (C=O) groups is 3. The van der Waals surface area contributed by atoms with E-state index in [2.05, 4.69) is 103 Å². The van der Waals surface area contributed by atoms with Gasteiger partial charge in [-0.2, -0.15) is 5.90 Å². The molecule has 39 heteroatoms. The zero-order chi connectivity index (χ0) is 77.9. The number of rotatable bonds is 43. The quantitative estimate of drug-likeness (QED) is 0.00931. The molecule has 2 aromatic heterocycles. The third-order valence-electron chi connectivity index (χ3n) is 22.8. The molecule has 0 aliphatic carbocycles. The van der Waals surface area contributed by atoms with Gasteiger partial charge in [0.05, 0.1) is 0 Å². The average molecular weight is 1680 g/mol. The largest absolute Gasteiger partial charge is 1.00 e. The maximum Gasteiger partial charge on any atom is 1.00 e. The van der Waals surface area contributed by atoms with E-state index >= 15 is 0 Å². The molecule has 0 radical (unpaired) electrons. The number of unbranched alkanes of at least 4 members (excludes halogenated alkanes) is 7. The van der Waals surface area contributed by atoms with Crippen molar-refractivity contribution in [1.29, 1.82) is 0 Å². The van der Waals surface area contributed by atoms with E-state index in [0.717, 1.165) is 43.8 Å². The molecule has 2 unspecified atom stereocenters. The van der Waals surface area contributed by atoms with E-state index in [1.807, 2.05) is 48.5 Å². The number of hydroxylamine groups is 2. The van der Waals surface area contributed by atoms with Crippen LogP contribution in [0.5, 0.6) is 0 Å². The second kappa shape index (κ2) is 32.8. The van der Waals surface area contributed by atoms with Crippen LogP contribution in [0.25, 0.3) is 21.5 Å². The first-order valence-electron chi connectivity index (χ1n) is 37.8. The summed E-state index contributed by atoms with van der Waals surface area (Å²) in [4.78, 5) is 66.6. The number of aliphatic imine (C=N–C) groups is 2. The summed E-state index contributed by atoms with van der Waals surface area (Å²) in [5.41, 5.74) is 4.17. The third kappa shape index (κ3) is 16.3. The Bertz CT molecular complexity index is 5260. The molecule has 4 aromatic carbocycles. The second-order valence-corrected chi connectivity index (χ2v) is 52.1. The summed E-state index contributed by atoms with van der Waals surface area (Å²) < 4.78 is 164. The van der Waals surface area contributed by atoms with Crippen LogP contribution in [0.15, 0.2) is 117 Å². The Labute approximate surface area is 694 Å². The molecule has 6 aromatic rings. The van der Waals surface area contributed by atoms with Crippen LogP contribution in [0.3, 0.4) is 0 Å². The van der Waals surface area contributed by atoms with Gasteiger partial charge in [0, 0.05) is 12.8 Å². The molecular formula is C72H98N12Na2O18S4Si3+2. The molecule has 1 spiro atoms. The SMILES string of the molecule is [CH2-]CCC[N+](CCCCS(=O)(=O)O)(CCCCS(=O)(=O)ON)CCC[Si](C)(C)O[Si-2]123(O[Si](C)(C)CCC[N+](CCCCCC(=O)ON4C(=O)CCC4=O)(CCCCS(=O)(=O)[O-])CCCCS(=O)(=O)O)n4c5c6ccccc6c4N=C4c6ccccc6C(=[N+]41)N=c1c4ccccc4c(n12)=NC1=[N+]3C(=N5)c2ccccc21.[Na+].[Na+]. The van der Waals surface area contributed by atoms with E-state index in [-0.39, 0.29) is 110 Å². The minimum Gasteiger partial charge on any atom is 1.00 e. The maximum absolute atomic E-state index is 13.1. The molecule has 30 nitrogen and oxygen atoms in total. The van der Waals surface area contributed by atoms with E-state index in [1.54, 1.807) is 0 Å². The van der Waals surface area contributed by atoms with Crippen LogP contribution in [-0.4, -0.2) is 219 Å². The summed E-state index contributed by atoms with van der Waals surface area (Å²) in [6.07, 6.45) is 5.63. The number of quaternary nitrogens is 2. The van der Waals surface area contributed by atoms with E-state index in [9.17, 15) is 69.9 Å². The molecule has 111 heavy (non-hydrogen) atoms. The van der Waals surface area contributed by atoms with Gasteiger partial charge >= 0.3 is 646 Å². The number of imide groups is 1. The number of hydrogen-bond acceptors (Lipinski definition) is 21. The van der Waals surface area contributed by atoms with Crippen LogP contribution in [0, 0.1) is 6.92 Å². The Morgan fingerprint density at radius 1 is 0.523 bits per heavy atom. The van der Waals surface area contributed by atoms with Gasteiger partial charge in [0.1, 0.15) is 0 Å². The Morgan fingerprint density at radius 2 is 0.901 bits per heavy atom. The minimum atomic E-state index is -7.37. The number of carbonyl (C=O) groups excluding carboxylic acids is 3. The summed E-state index contributed by atoms with van der Waals surface area (Å²) >= 11 is 0. The van der Waals surface area contributed by atoms with Crippen molar-refractivity contribution in [3.05, 3.63) is 137 Å². The molecule has 1 fully saturated rings. The van der Waals surface area contributed by atoms with Gasteiger partial charge in [-0.25, -0.2) is 4.79 Å². The van der Waals surface area contributed by atoms with Crippen LogP contribution in [-0.2, 0) is 72.2 Å². The van der Waals surface area contributed by atoms with Crippen molar-refractivity contribution in [3.8, 4) is 0 Å². The van der Waals surface area contributed by atoms with Crippen molar-refractivity contribution >= 4 is 139 Å². The summed E-state index contributed by atoms with van der Waals surface area (Å²) in [6.45, 7) is 17.0. The molecule has 0 saturated carbocycles. The van der Waals surface area contributed by atoms with Crippen LogP contribution in [0.4, 0.5) is 11.6 Å². The molecule has 590 valence electrons. The fraction of sp³-hybridized carbons (Fsp3) is 0.500. The van der Waals surface area contributed by atoms with Crippen molar-refractivity contribution in [3.63, 3.8) is 0 Å². The monoisotopic (exact) mass is 1680 g/mol. The van der Waals surface area contributed by atoms with Crippen molar-refractivity contribution < 1.29 is 156 Å². The molecule has 4 N–H and O–H groups in total. The van der Waals surface area contributed by atoms with Gasteiger partial charge in [-0.15, -0.1) is 5.06 Å². The van der Waals surface area contributed by atoms with Crippen molar-refractivity contribution in [2.24, 2.45) is 25.9 Å². The summed E-state index contributed by atoms with van der Waals surface area (Å²) in [6, 6.07) is 33.3. The van der Waals surface area contributed by atoms with Gasteiger partial charge < -0.3 is 4.84 Å². The number of fused-ring (bicyclic) bond motifs is 12. The first kappa shape index (κ1) is 86.8. The molecule has 2 amide bonds. The van der Waals surface area contributed by atoms with Crippen molar-refractivity contribution in [1.82, 2.24) is 13.5 Å². The zero-order valence-corrected chi connectivity index (χ0v) is 74.4. The third-order valence-corrected chi connectivity index (χ3v) is 43.0. The number of aromatic nitrogens is 2.